The molecule has 0 radical (unpaired) electrons. The minimum absolute atomic E-state index is 0.0101. The SMILES string of the molecule is O=C(O)CN1C(=O)C(=Cc2cccc(OCc3ccc([N+](=O)[O-])cc3)c2)SC1=S. The van der Waals surface area contributed by atoms with Crippen molar-refractivity contribution in [3.63, 3.8) is 0 Å². The molecule has 29 heavy (non-hydrogen) atoms. The molecule has 0 aliphatic carbocycles. The predicted octanol–water partition coefficient (Wildman–Crippen LogP) is 3.46. The zero-order valence-electron chi connectivity index (χ0n) is 14.8. The molecule has 1 fully saturated rings. The van der Waals surface area contributed by atoms with Gasteiger partial charge >= 0.3 is 5.97 Å². The molecule has 3 rings (SSSR count). The predicted molar refractivity (Wildman–Crippen MR) is 111 cm³/mol. The molecular formula is C19H14N2O6S2. The summed E-state index contributed by atoms with van der Waals surface area (Å²) in [6.45, 7) is -0.247. The number of amides is 1. The largest absolute Gasteiger partial charge is 0.489 e. The van der Waals surface area contributed by atoms with Crippen LogP contribution in [0.3, 0.4) is 0 Å². The third kappa shape index (κ3) is 5.18. The number of hydrogen-bond donors (Lipinski definition) is 1. The molecule has 2 aromatic carbocycles. The van der Waals surface area contributed by atoms with Crippen molar-refractivity contribution in [2.24, 2.45) is 0 Å². The summed E-state index contributed by atoms with van der Waals surface area (Å²) in [4.78, 5) is 34.8. The molecule has 10 heteroatoms. The van der Waals surface area contributed by atoms with Crippen molar-refractivity contribution in [1.82, 2.24) is 4.90 Å². The molecule has 1 aliphatic rings. The van der Waals surface area contributed by atoms with Gasteiger partial charge in [-0.05, 0) is 41.5 Å². The van der Waals surface area contributed by atoms with Crippen molar-refractivity contribution in [2.75, 3.05) is 6.54 Å². The molecule has 8 nitrogen and oxygen atoms in total. The van der Waals surface area contributed by atoms with Crippen molar-refractivity contribution >= 4 is 51.9 Å². The number of ether oxygens (including phenoxy) is 1. The number of hydrogen-bond acceptors (Lipinski definition) is 7. The minimum Gasteiger partial charge on any atom is -0.489 e. The number of carboxylic acid groups (broad SMARTS) is 1. The van der Waals surface area contributed by atoms with Gasteiger partial charge in [0.05, 0.1) is 9.83 Å². The van der Waals surface area contributed by atoms with Gasteiger partial charge in [0.15, 0.2) is 0 Å². The average molecular weight is 430 g/mol. The fourth-order valence-electron chi connectivity index (χ4n) is 2.50. The number of nitrogens with zero attached hydrogens (tertiary/aromatic N) is 2. The van der Waals surface area contributed by atoms with Gasteiger partial charge in [-0.1, -0.05) is 36.1 Å². The number of thiocarbonyl (C=S) groups is 1. The fourth-order valence-corrected chi connectivity index (χ4v) is 3.75. The van der Waals surface area contributed by atoms with Gasteiger partial charge in [0.25, 0.3) is 11.6 Å². The smallest absolute Gasteiger partial charge is 0.323 e. The molecule has 148 valence electrons. The summed E-state index contributed by atoms with van der Waals surface area (Å²) in [7, 11) is 0. The van der Waals surface area contributed by atoms with Crippen LogP contribution < -0.4 is 4.74 Å². The number of nitro benzene ring substituents is 1. The van der Waals surface area contributed by atoms with E-state index >= 15 is 0 Å². The van der Waals surface area contributed by atoms with Gasteiger partial charge in [-0.3, -0.25) is 24.6 Å². The highest BCUT2D eigenvalue weighted by Gasteiger charge is 2.33. The molecular weight excluding hydrogens is 416 g/mol. The number of non-ortho nitro benzene ring substituents is 1. The molecule has 0 saturated carbocycles. The van der Waals surface area contributed by atoms with Crippen LogP contribution in [0.1, 0.15) is 11.1 Å². The second-order valence-electron chi connectivity index (χ2n) is 5.95. The monoisotopic (exact) mass is 430 g/mol. The van der Waals surface area contributed by atoms with Gasteiger partial charge in [-0.2, -0.15) is 0 Å². The maximum absolute atomic E-state index is 12.3. The van der Waals surface area contributed by atoms with E-state index in [4.69, 9.17) is 22.1 Å². The first kappa shape index (κ1) is 20.5. The Hall–Kier alpha value is -3.24. The Bertz CT molecular complexity index is 1020. The number of carbonyl (C=O) groups excluding carboxylic acids is 1. The highest BCUT2D eigenvalue weighted by atomic mass is 32.2. The van der Waals surface area contributed by atoms with E-state index in [9.17, 15) is 19.7 Å². The lowest BCUT2D eigenvalue weighted by molar-refractivity contribution is -0.384. The second-order valence-corrected chi connectivity index (χ2v) is 7.62. The van der Waals surface area contributed by atoms with Crippen molar-refractivity contribution in [2.45, 2.75) is 6.61 Å². The van der Waals surface area contributed by atoms with Crippen LogP contribution in [0.25, 0.3) is 6.08 Å². The van der Waals surface area contributed by atoms with Crippen LogP contribution in [0.4, 0.5) is 5.69 Å². The number of carbonyl (C=O) groups is 2. The molecule has 1 aliphatic heterocycles. The Morgan fingerprint density at radius 3 is 2.66 bits per heavy atom. The van der Waals surface area contributed by atoms with Crippen molar-refractivity contribution < 1.29 is 24.4 Å². The summed E-state index contributed by atoms with van der Waals surface area (Å²) in [5.74, 6) is -1.03. The standard InChI is InChI=1S/C19H14N2O6S2/c22-17(23)10-20-18(24)16(29-19(20)28)9-13-2-1-3-15(8-13)27-11-12-4-6-14(7-5-12)21(25)26/h1-9H,10-11H2,(H,22,23). The first-order valence-corrected chi connectivity index (χ1v) is 9.49. The topological polar surface area (TPSA) is 110 Å². The lowest BCUT2D eigenvalue weighted by atomic mass is 10.2. The Balaban J connectivity index is 1.69. The summed E-state index contributed by atoms with van der Waals surface area (Å²) in [5.41, 5.74) is 1.48. The quantitative estimate of drug-likeness (QED) is 0.308. The van der Waals surface area contributed by atoms with Crippen LogP contribution in [0.15, 0.2) is 53.4 Å². The average Bonchev–Trinajstić information content (AvgIpc) is 2.94. The third-order valence-electron chi connectivity index (χ3n) is 3.88. The van der Waals surface area contributed by atoms with Gasteiger partial charge in [-0.25, -0.2) is 0 Å². The number of rotatable bonds is 7. The van der Waals surface area contributed by atoms with Gasteiger partial charge in [0.2, 0.25) is 0 Å². The molecule has 1 saturated heterocycles. The molecule has 0 bridgehead atoms. The van der Waals surface area contributed by atoms with E-state index in [1.54, 1.807) is 42.5 Å². The van der Waals surface area contributed by atoms with Crippen LogP contribution in [0.5, 0.6) is 5.75 Å². The van der Waals surface area contributed by atoms with E-state index in [0.29, 0.717) is 16.2 Å². The number of nitro groups is 1. The van der Waals surface area contributed by atoms with Crippen LogP contribution in [0.2, 0.25) is 0 Å². The van der Waals surface area contributed by atoms with Crippen LogP contribution in [0, 0.1) is 10.1 Å². The number of aliphatic carboxylic acids is 1. The van der Waals surface area contributed by atoms with Gasteiger partial charge < -0.3 is 9.84 Å². The van der Waals surface area contributed by atoms with Gasteiger partial charge in [0.1, 0.15) is 23.2 Å². The van der Waals surface area contributed by atoms with Crippen molar-refractivity contribution in [3.8, 4) is 5.75 Å². The molecule has 1 N–H and O–H groups in total. The Kier molecular flexibility index (Phi) is 6.25. The normalized spacial score (nSPS) is 15.0. The summed E-state index contributed by atoms with van der Waals surface area (Å²) in [5, 5.41) is 19.6. The van der Waals surface area contributed by atoms with E-state index in [2.05, 4.69) is 0 Å². The Morgan fingerprint density at radius 1 is 1.28 bits per heavy atom. The van der Waals surface area contributed by atoms with Gasteiger partial charge in [0, 0.05) is 12.1 Å². The maximum atomic E-state index is 12.3. The van der Waals surface area contributed by atoms with Crippen LogP contribution in [-0.2, 0) is 16.2 Å². The van der Waals surface area contributed by atoms with E-state index in [0.717, 1.165) is 22.2 Å². The summed E-state index contributed by atoms with van der Waals surface area (Å²) in [6, 6.07) is 13.1. The number of carboxylic acids is 1. The van der Waals surface area contributed by atoms with Gasteiger partial charge in [-0.15, -0.1) is 0 Å². The molecule has 2 aromatic rings. The molecule has 0 aromatic heterocycles. The lowest BCUT2D eigenvalue weighted by Gasteiger charge is -2.10. The molecule has 0 spiro atoms. The molecule has 1 heterocycles. The fraction of sp³-hybridized carbons (Fsp3) is 0.105. The number of benzene rings is 2. The van der Waals surface area contributed by atoms with E-state index in [1.807, 2.05) is 0 Å². The highest BCUT2D eigenvalue weighted by Crippen LogP contribution is 2.32. The summed E-state index contributed by atoms with van der Waals surface area (Å²) < 4.78 is 5.92. The van der Waals surface area contributed by atoms with Crippen LogP contribution >= 0.6 is 24.0 Å². The summed E-state index contributed by atoms with van der Waals surface area (Å²) in [6.07, 6.45) is 1.62. The maximum Gasteiger partial charge on any atom is 0.323 e. The third-order valence-corrected chi connectivity index (χ3v) is 5.25. The Labute approximate surface area is 174 Å². The molecule has 0 atom stereocenters. The zero-order valence-corrected chi connectivity index (χ0v) is 16.4. The van der Waals surface area contributed by atoms with Crippen molar-refractivity contribution in [3.05, 3.63) is 74.7 Å². The number of thioether (sulfide) groups is 1. The minimum atomic E-state index is -1.14. The van der Waals surface area contributed by atoms with E-state index in [-0.39, 0.29) is 16.6 Å². The first-order chi connectivity index (χ1) is 13.8. The molecule has 0 unspecified atom stereocenters. The summed E-state index contributed by atoms with van der Waals surface area (Å²) >= 11 is 6.12. The Morgan fingerprint density at radius 2 is 2.00 bits per heavy atom. The first-order valence-electron chi connectivity index (χ1n) is 8.27. The van der Waals surface area contributed by atoms with E-state index in [1.165, 1.54) is 12.1 Å². The van der Waals surface area contributed by atoms with E-state index < -0.39 is 23.3 Å². The lowest BCUT2D eigenvalue weighted by Crippen LogP contribution is -2.33. The second kappa shape index (κ2) is 8.84. The molecule has 1 amide bonds. The highest BCUT2D eigenvalue weighted by molar-refractivity contribution is 8.26. The van der Waals surface area contributed by atoms with Crippen LogP contribution in [-0.4, -0.2) is 37.7 Å². The zero-order chi connectivity index (χ0) is 21.0. The van der Waals surface area contributed by atoms with Crippen molar-refractivity contribution in [1.29, 1.82) is 0 Å².